The molecule has 0 aliphatic heterocycles. The molecule has 0 saturated heterocycles. The van der Waals surface area contributed by atoms with Crippen LogP contribution >= 0.6 is 11.8 Å². The Morgan fingerprint density at radius 2 is 1.87 bits per heavy atom. The first-order valence-electron chi connectivity index (χ1n) is 6.73. The molecule has 124 valence electrons. The zero-order valence-corrected chi connectivity index (χ0v) is 12.7. The molecule has 8 heteroatoms. The van der Waals surface area contributed by atoms with Crippen molar-refractivity contribution in [1.82, 2.24) is 4.98 Å². The van der Waals surface area contributed by atoms with Crippen LogP contribution in [-0.2, 0) is 0 Å². The number of oxazole rings is 1. The number of aromatic nitrogens is 1. The summed E-state index contributed by atoms with van der Waals surface area (Å²) in [6.07, 6.45) is -1.55. The second-order valence-corrected chi connectivity index (χ2v) is 5.39. The van der Waals surface area contributed by atoms with E-state index in [4.69, 9.17) is 9.15 Å². The number of ether oxygens (including phenoxy) is 1. The van der Waals surface area contributed by atoms with Gasteiger partial charge in [-0.1, -0.05) is 17.8 Å². The van der Waals surface area contributed by atoms with Crippen LogP contribution in [0.15, 0.2) is 52.2 Å². The van der Waals surface area contributed by atoms with Gasteiger partial charge in [-0.15, -0.1) is 0 Å². The molecule has 0 spiro atoms. The molecule has 0 radical (unpaired) electrons. The highest BCUT2D eigenvalue weighted by Gasteiger charge is 2.11. The molecule has 3 nitrogen and oxygen atoms in total. The Balaban J connectivity index is 1.99. The molecule has 0 saturated carbocycles. The molecule has 0 unspecified atom stereocenters. The van der Waals surface area contributed by atoms with Gasteiger partial charge in [0.25, 0.3) is 17.4 Å². The summed E-state index contributed by atoms with van der Waals surface area (Å²) in [7, 11) is 0. The summed E-state index contributed by atoms with van der Waals surface area (Å²) in [4.78, 5) is 4.24. The van der Waals surface area contributed by atoms with E-state index in [-0.39, 0.29) is 19.4 Å². The normalized spacial score (nSPS) is 10.6. The standard InChI is InChI=1S/C15H13F4NO2S/c16-12(17)6-2-8-21-10-4-1-5-11-14(10)20-15(22-11)23-9-3-7-13(18)19/h1,4-7H,2-3,8-9H2. The molecule has 0 N–H and O–H groups in total. The van der Waals surface area contributed by atoms with Crippen molar-refractivity contribution in [1.29, 1.82) is 0 Å². The number of hydrogen-bond acceptors (Lipinski definition) is 4. The van der Waals surface area contributed by atoms with Crippen LogP contribution in [0.2, 0.25) is 0 Å². The van der Waals surface area contributed by atoms with E-state index in [2.05, 4.69) is 4.98 Å². The van der Waals surface area contributed by atoms with Crippen LogP contribution in [0.25, 0.3) is 11.1 Å². The summed E-state index contributed by atoms with van der Waals surface area (Å²) in [6.45, 7) is 0.0896. The number of nitrogens with zero attached hydrogens (tertiary/aromatic N) is 1. The first kappa shape index (κ1) is 17.4. The molecule has 2 aromatic rings. The van der Waals surface area contributed by atoms with Crippen molar-refractivity contribution in [2.45, 2.75) is 18.1 Å². The number of rotatable bonds is 8. The zero-order valence-electron chi connectivity index (χ0n) is 11.9. The van der Waals surface area contributed by atoms with Crippen molar-refractivity contribution in [2.24, 2.45) is 0 Å². The Bertz CT molecular complexity index is 707. The SMILES string of the molecule is FC(F)=CCCOc1cccc2oc(SCCC=C(F)F)nc12. The molecule has 0 fully saturated rings. The molecule has 0 atom stereocenters. The van der Waals surface area contributed by atoms with Gasteiger partial charge in [0.05, 0.1) is 6.61 Å². The van der Waals surface area contributed by atoms with E-state index in [1.54, 1.807) is 18.2 Å². The Kier molecular flexibility index (Phi) is 6.52. The van der Waals surface area contributed by atoms with Gasteiger partial charge in [-0.25, -0.2) is 0 Å². The number of hydrogen-bond donors (Lipinski definition) is 0. The summed E-state index contributed by atoms with van der Waals surface area (Å²) < 4.78 is 58.6. The van der Waals surface area contributed by atoms with Crippen LogP contribution in [-0.4, -0.2) is 17.3 Å². The van der Waals surface area contributed by atoms with Crippen LogP contribution in [0.4, 0.5) is 17.6 Å². The first-order chi connectivity index (χ1) is 11.1. The largest absolute Gasteiger partial charge is 0.491 e. The predicted octanol–water partition coefficient (Wildman–Crippen LogP) is 5.64. The topological polar surface area (TPSA) is 35.3 Å². The third-order valence-electron chi connectivity index (χ3n) is 2.68. The van der Waals surface area contributed by atoms with Gasteiger partial charge in [0.15, 0.2) is 11.1 Å². The fourth-order valence-corrected chi connectivity index (χ4v) is 2.45. The highest BCUT2D eigenvalue weighted by Crippen LogP contribution is 2.30. The number of allylic oxidation sites excluding steroid dienone is 1. The number of benzene rings is 1. The van der Waals surface area contributed by atoms with Gasteiger partial charge in [0.2, 0.25) is 0 Å². The number of para-hydroxylation sites is 1. The van der Waals surface area contributed by atoms with E-state index in [1.807, 2.05) is 0 Å². The second-order valence-electron chi connectivity index (χ2n) is 4.34. The van der Waals surface area contributed by atoms with Gasteiger partial charge in [0.1, 0.15) is 5.75 Å². The average molecular weight is 347 g/mol. The molecule has 0 amide bonds. The minimum Gasteiger partial charge on any atom is -0.491 e. The molecule has 1 aromatic carbocycles. The minimum absolute atomic E-state index is 0.0826. The molecule has 1 aromatic heterocycles. The summed E-state index contributed by atoms with van der Waals surface area (Å²) in [5, 5.41) is 0.346. The average Bonchev–Trinajstić information content (AvgIpc) is 2.91. The van der Waals surface area contributed by atoms with Crippen molar-refractivity contribution < 1.29 is 26.7 Å². The molecular weight excluding hydrogens is 334 g/mol. The van der Waals surface area contributed by atoms with E-state index >= 15 is 0 Å². The predicted molar refractivity (Wildman–Crippen MR) is 80.1 cm³/mol. The molecule has 23 heavy (non-hydrogen) atoms. The molecule has 1 heterocycles. The number of thioether (sulfide) groups is 1. The first-order valence-corrected chi connectivity index (χ1v) is 7.72. The fraction of sp³-hybridized carbons (Fsp3) is 0.267. The van der Waals surface area contributed by atoms with Crippen LogP contribution in [0, 0.1) is 0 Å². The maximum Gasteiger partial charge on any atom is 0.266 e. The van der Waals surface area contributed by atoms with E-state index in [9.17, 15) is 17.6 Å². The molecule has 2 rings (SSSR count). The molecule has 0 aliphatic carbocycles. The fourth-order valence-electron chi connectivity index (χ4n) is 1.73. The van der Waals surface area contributed by atoms with Crippen LogP contribution in [0.3, 0.4) is 0 Å². The lowest BCUT2D eigenvalue weighted by Crippen LogP contribution is -1.96. The summed E-state index contributed by atoms with van der Waals surface area (Å²) in [5.41, 5.74) is 0.969. The van der Waals surface area contributed by atoms with Crippen LogP contribution in [0.1, 0.15) is 12.8 Å². The summed E-state index contributed by atoms with van der Waals surface area (Å²) >= 11 is 1.21. The van der Waals surface area contributed by atoms with E-state index in [0.717, 1.165) is 12.2 Å². The van der Waals surface area contributed by atoms with Crippen molar-refractivity contribution in [2.75, 3.05) is 12.4 Å². The highest BCUT2D eigenvalue weighted by atomic mass is 32.2. The second kappa shape index (κ2) is 8.61. The van der Waals surface area contributed by atoms with Crippen LogP contribution < -0.4 is 4.74 Å². The van der Waals surface area contributed by atoms with Gasteiger partial charge >= 0.3 is 0 Å². The van der Waals surface area contributed by atoms with Gasteiger partial charge in [-0.05, 0) is 30.7 Å². The lowest BCUT2D eigenvalue weighted by atomic mass is 10.3. The maximum absolute atomic E-state index is 11.9. The monoisotopic (exact) mass is 347 g/mol. The van der Waals surface area contributed by atoms with E-state index < -0.39 is 12.2 Å². The third-order valence-corrected chi connectivity index (χ3v) is 3.54. The number of fused-ring (bicyclic) bond motifs is 1. The highest BCUT2D eigenvalue weighted by molar-refractivity contribution is 7.99. The Morgan fingerprint density at radius 3 is 2.61 bits per heavy atom. The van der Waals surface area contributed by atoms with Crippen molar-refractivity contribution in [3.8, 4) is 5.75 Å². The third kappa shape index (κ3) is 5.63. The maximum atomic E-state index is 11.9. The number of halogens is 4. The Labute approximate surface area is 134 Å². The molecular formula is C15H13F4NO2S. The Morgan fingerprint density at radius 1 is 1.13 bits per heavy atom. The van der Waals surface area contributed by atoms with Crippen molar-refractivity contribution in [3.05, 3.63) is 42.5 Å². The van der Waals surface area contributed by atoms with E-state index in [1.165, 1.54) is 11.8 Å². The smallest absolute Gasteiger partial charge is 0.266 e. The van der Waals surface area contributed by atoms with Gasteiger partial charge in [-0.2, -0.15) is 22.5 Å². The quantitative estimate of drug-likeness (QED) is 0.352. The van der Waals surface area contributed by atoms with Gasteiger partial charge in [-0.3, -0.25) is 0 Å². The van der Waals surface area contributed by atoms with Gasteiger partial charge in [0, 0.05) is 12.2 Å². The van der Waals surface area contributed by atoms with E-state index in [0.29, 0.717) is 27.8 Å². The summed E-state index contributed by atoms with van der Waals surface area (Å²) in [5.74, 6) is 0.835. The van der Waals surface area contributed by atoms with Crippen LogP contribution in [0.5, 0.6) is 5.75 Å². The van der Waals surface area contributed by atoms with Crippen molar-refractivity contribution in [3.63, 3.8) is 0 Å². The minimum atomic E-state index is -1.74. The van der Waals surface area contributed by atoms with Crippen molar-refractivity contribution >= 4 is 22.9 Å². The molecule has 0 aliphatic rings. The molecule has 0 bridgehead atoms. The zero-order chi connectivity index (χ0) is 16.7. The lowest BCUT2D eigenvalue weighted by molar-refractivity contribution is 0.323. The Hall–Kier alpha value is -1.96. The summed E-state index contributed by atoms with van der Waals surface area (Å²) in [6, 6.07) is 5.06. The van der Waals surface area contributed by atoms with Gasteiger partial charge < -0.3 is 9.15 Å². The lowest BCUT2D eigenvalue weighted by Gasteiger charge is -2.03.